The maximum absolute atomic E-state index is 5.10. The first kappa shape index (κ1) is 25.8. The molecule has 0 heterocycles. The zero-order valence-corrected chi connectivity index (χ0v) is 20.9. The SMILES string of the molecule is COc1ccc(C#Cc2ccc(OC)cc2)cc1.COc1ccc(C#Cc2ccc(OC)cc2)cc1. The molecule has 0 aliphatic heterocycles. The molecule has 0 aliphatic carbocycles. The summed E-state index contributed by atoms with van der Waals surface area (Å²) in [6.07, 6.45) is 0. The Morgan fingerprint density at radius 2 is 0.472 bits per heavy atom. The third-order valence-corrected chi connectivity index (χ3v) is 5.06. The van der Waals surface area contributed by atoms with Gasteiger partial charge in [0.1, 0.15) is 23.0 Å². The van der Waals surface area contributed by atoms with Crippen LogP contribution in [0.15, 0.2) is 97.1 Å². The fourth-order valence-corrected chi connectivity index (χ4v) is 2.99. The summed E-state index contributed by atoms with van der Waals surface area (Å²) in [7, 11) is 6.60. The zero-order chi connectivity index (χ0) is 25.6. The average molecular weight is 477 g/mol. The van der Waals surface area contributed by atoms with Crippen LogP contribution in [0.2, 0.25) is 0 Å². The van der Waals surface area contributed by atoms with Crippen LogP contribution in [0.3, 0.4) is 0 Å². The van der Waals surface area contributed by atoms with Crippen LogP contribution in [0.5, 0.6) is 23.0 Å². The largest absolute Gasteiger partial charge is 0.497 e. The second-order valence-corrected chi connectivity index (χ2v) is 7.41. The molecule has 0 radical (unpaired) electrons. The van der Waals surface area contributed by atoms with Gasteiger partial charge in [-0.3, -0.25) is 0 Å². The molecule has 0 aliphatic rings. The van der Waals surface area contributed by atoms with Crippen LogP contribution in [0.1, 0.15) is 22.3 Å². The number of ether oxygens (including phenoxy) is 4. The molecule has 0 unspecified atom stereocenters. The molecular weight excluding hydrogens is 448 g/mol. The molecule has 0 saturated heterocycles. The minimum atomic E-state index is 0.838. The Balaban J connectivity index is 0.000000201. The molecular formula is C32H28O4. The Kier molecular flexibility index (Phi) is 9.89. The summed E-state index contributed by atoms with van der Waals surface area (Å²) in [6, 6.07) is 30.7. The van der Waals surface area contributed by atoms with Crippen molar-refractivity contribution in [3.05, 3.63) is 119 Å². The molecule has 0 bridgehead atoms. The normalized spacial score (nSPS) is 9.22. The van der Waals surface area contributed by atoms with Crippen LogP contribution in [0.4, 0.5) is 0 Å². The smallest absolute Gasteiger partial charge is 0.118 e. The van der Waals surface area contributed by atoms with Gasteiger partial charge < -0.3 is 18.9 Å². The van der Waals surface area contributed by atoms with Gasteiger partial charge >= 0.3 is 0 Å². The van der Waals surface area contributed by atoms with Crippen molar-refractivity contribution in [1.82, 2.24) is 0 Å². The van der Waals surface area contributed by atoms with Crippen molar-refractivity contribution in [2.75, 3.05) is 28.4 Å². The highest BCUT2D eigenvalue weighted by molar-refractivity contribution is 5.46. The lowest BCUT2D eigenvalue weighted by Crippen LogP contribution is -1.83. The van der Waals surface area contributed by atoms with E-state index in [1.165, 1.54) is 0 Å². The van der Waals surface area contributed by atoms with Crippen molar-refractivity contribution in [3.8, 4) is 46.7 Å². The number of rotatable bonds is 4. The lowest BCUT2D eigenvalue weighted by Gasteiger charge is -1.98. The highest BCUT2D eigenvalue weighted by Crippen LogP contribution is 2.13. The van der Waals surface area contributed by atoms with Gasteiger partial charge in [-0.1, -0.05) is 23.7 Å². The van der Waals surface area contributed by atoms with E-state index in [0.717, 1.165) is 45.3 Å². The van der Waals surface area contributed by atoms with Gasteiger partial charge in [0.2, 0.25) is 0 Å². The second kappa shape index (κ2) is 13.8. The first-order valence-corrected chi connectivity index (χ1v) is 11.2. The average Bonchev–Trinajstić information content (AvgIpc) is 2.96. The fraction of sp³-hybridized carbons (Fsp3) is 0.125. The van der Waals surface area contributed by atoms with Crippen LogP contribution in [-0.4, -0.2) is 28.4 Å². The third kappa shape index (κ3) is 8.20. The number of hydrogen-bond acceptors (Lipinski definition) is 4. The second-order valence-electron chi connectivity index (χ2n) is 7.41. The van der Waals surface area contributed by atoms with E-state index in [0.29, 0.717) is 0 Å². The maximum atomic E-state index is 5.10. The minimum Gasteiger partial charge on any atom is -0.497 e. The van der Waals surface area contributed by atoms with E-state index in [1.807, 2.05) is 97.1 Å². The number of hydrogen-bond donors (Lipinski definition) is 0. The Hall–Kier alpha value is -4.80. The molecule has 0 fully saturated rings. The van der Waals surface area contributed by atoms with Gasteiger partial charge in [0.15, 0.2) is 0 Å². The van der Waals surface area contributed by atoms with Gasteiger partial charge in [-0.15, -0.1) is 0 Å². The van der Waals surface area contributed by atoms with Crippen LogP contribution in [0.25, 0.3) is 0 Å². The van der Waals surface area contributed by atoms with Crippen LogP contribution in [-0.2, 0) is 0 Å². The molecule has 0 spiro atoms. The van der Waals surface area contributed by atoms with Gasteiger partial charge in [0.25, 0.3) is 0 Å². The van der Waals surface area contributed by atoms with E-state index in [2.05, 4.69) is 23.7 Å². The molecule has 0 N–H and O–H groups in total. The zero-order valence-electron chi connectivity index (χ0n) is 20.9. The minimum absolute atomic E-state index is 0.838. The first-order valence-electron chi connectivity index (χ1n) is 11.2. The van der Waals surface area contributed by atoms with E-state index in [4.69, 9.17) is 18.9 Å². The van der Waals surface area contributed by atoms with E-state index in [-0.39, 0.29) is 0 Å². The van der Waals surface area contributed by atoms with Crippen molar-refractivity contribution in [1.29, 1.82) is 0 Å². The first-order chi connectivity index (χ1) is 17.6. The quantitative estimate of drug-likeness (QED) is 0.328. The van der Waals surface area contributed by atoms with Gasteiger partial charge in [0, 0.05) is 22.3 Å². The summed E-state index contributed by atoms with van der Waals surface area (Å²) in [5.41, 5.74) is 3.86. The molecule has 4 aromatic rings. The Morgan fingerprint density at radius 3 is 0.611 bits per heavy atom. The molecule has 0 atom stereocenters. The fourth-order valence-electron chi connectivity index (χ4n) is 2.99. The van der Waals surface area contributed by atoms with Gasteiger partial charge in [0.05, 0.1) is 28.4 Å². The Bertz CT molecular complexity index is 1120. The van der Waals surface area contributed by atoms with Crippen molar-refractivity contribution in [3.63, 3.8) is 0 Å². The van der Waals surface area contributed by atoms with E-state index in [1.54, 1.807) is 28.4 Å². The summed E-state index contributed by atoms with van der Waals surface area (Å²) in [4.78, 5) is 0. The van der Waals surface area contributed by atoms with E-state index >= 15 is 0 Å². The third-order valence-electron chi connectivity index (χ3n) is 5.06. The maximum Gasteiger partial charge on any atom is 0.118 e. The highest BCUT2D eigenvalue weighted by atomic mass is 16.5. The molecule has 4 nitrogen and oxygen atoms in total. The van der Waals surface area contributed by atoms with Crippen LogP contribution in [0, 0.1) is 23.7 Å². The topological polar surface area (TPSA) is 36.9 Å². The highest BCUT2D eigenvalue weighted by Gasteiger charge is 1.93. The predicted octanol–water partition coefficient (Wildman–Crippen LogP) is 6.21. The molecule has 0 aromatic heterocycles. The Labute approximate surface area is 213 Å². The lowest BCUT2D eigenvalue weighted by atomic mass is 10.2. The molecule has 4 rings (SSSR count). The molecule has 0 amide bonds. The lowest BCUT2D eigenvalue weighted by molar-refractivity contribution is 0.414. The monoisotopic (exact) mass is 476 g/mol. The Morgan fingerprint density at radius 1 is 0.306 bits per heavy atom. The van der Waals surface area contributed by atoms with Gasteiger partial charge in [-0.25, -0.2) is 0 Å². The van der Waals surface area contributed by atoms with Crippen molar-refractivity contribution in [2.24, 2.45) is 0 Å². The summed E-state index contributed by atoms with van der Waals surface area (Å²) >= 11 is 0. The summed E-state index contributed by atoms with van der Waals surface area (Å²) in [6.45, 7) is 0. The van der Waals surface area contributed by atoms with Crippen molar-refractivity contribution < 1.29 is 18.9 Å². The van der Waals surface area contributed by atoms with Crippen molar-refractivity contribution in [2.45, 2.75) is 0 Å². The number of benzene rings is 4. The molecule has 4 aromatic carbocycles. The van der Waals surface area contributed by atoms with E-state index in [9.17, 15) is 0 Å². The van der Waals surface area contributed by atoms with Crippen LogP contribution < -0.4 is 18.9 Å². The standard InChI is InChI=1S/2C16H14O2/c2*1-17-15-9-5-13(6-10-15)3-4-14-7-11-16(18-2)12-8-14/h2*5-12H,1-2H3. The molecule has 180 valence electrons. The van der Waals surface area contributed by atoms with Gasteiger partial charge in [-0.2, -0.15) is 0 Å². The molecule has 0 saturated carbocycles. The molecule has 36 heavy (non-hydrogen) atoms. The van der Waals surface area contributed by atoms with Gasteiger partial charge in [-0.05, 0) is 97.1 Å². The summed E-state index contributed by atoms with van der Waals surface area (Å²) in [5, 5.41) is 0. The predicted molar refractivity (Wildman–Crippen MR) is 144 cm³/mol. The number of methoxy groups -OCH3 is 4. The van der Waals surface area contributed by atoms with E-state index < -0.39 is 0 Å². The molecule has 4 heteroatoms. The van der Waals surface area contributed by atoms with Crippen LogP contribution >= 0.6 is 0 Å². The summed E-state index contributed by atoms with van der Waals surface area (Å²) < 4.78 is 20.4. The van der Waals surface area contributed by atoms with Crippen molar-refractivity contribution >= 4 is 0 Å². The summed E-state index contributed by atoms with van der Waals surface area (Å²) in [5.74, 6) is 15.8.